The standard InChI is InChI=1S/C12H19NO4/c1-12(13,7-14)8-17-11-5-9(15-2)4-10(6-11)16-3/h4-6,14H,7-8,13H2,1-3H3. The minimum absolute atomic E-state index is 0.145. The van der Waals surface area contributed by atoms with Crippen molar-refractivity contribution in [1.82, 2.24) is 0 Å². The molecule has 0 fully saturated rings. The van der Waals surface area contributed by atoms with Gasteiger partial charge in [0, 0.05) is 18.2 Å². The molecule has 0 radical (unpaired) electrons. The van der Waals surface area contributed by atoms with E-state index in [1.54, 1.807) is 39.3 Å². The van der Waals surface area contributed by atoms with Crippen LogP contribution in [0, 0.1) is 0 Å². The molecule has 1 unspecified atom stereocenters. The van der Waals surface area contributed by atoms with Crippen LogP contribution < -0.4 is 19.9 Å². The maximum Gasteiger partial charge on any atom is 0.126 e. The number of hydrogen-bond donors (Lipinski definition) is 2. The van der Waals surface area contributed by atoms with E-state index >= 15 is 0 Å². The Balaban J connectivity index is 2.76. The average Bonchev–Trinajstić information content (AvgIpc) is 2.36. The summed E-state index contributed by atoms with van der Waals surface area (Å²) >= 11 is 0. The molecule has 0 saturated heterocycles. The molecule has 0 amide bonds. The van der Waals surface area contributed by atoms with Crippen molar-refractivity contribution < 1.29 is 19.3 Å². The van der Waals surface area contributed by atoms with Gasteiger partial charge in [-0.3, -0.25) is 0 Å². The van der Waals surface area contributed by atoms with E-state index in [1.165, 1.54) is 0 Å². The average molecular weight is 241 g/mol. The van der Waals surface area contributed by atoms with Crippen molar-refractivity contribution in [3.63, 3.8) is 0 Å². The molecular formula is C12H19NO4. The Morgan fingerprint density at radius 1 is 1.12 bits per heavy atom. The number of rotatable bonds is 6. The fourth-order valence-electron chi connectivity index (χ4n) is 1.16. The summed E-state index contributed by atoms with van der Waals surface area (Å²) in [7, 11) is 3.14. The van der Waals surface area contributed by atoms with Crippen molar-refractivity contribution in [2.24, 2.45) is 5.73 Å². The zero-order valence-electron chi connectivity index (χ0n) is 10.4. The molecule has 5 heteroatoms. The second-order valence-electron chi connectivity index (χ2n) is 4.15. The van der Waals surface area contributed by atoms with Crippen molar-refractivity contribution in [2.75, 3.05) is 27.4 Å². The van der Waals surface area contributed by atoms with E-state index < -0.39 is 5.54 Å². The van der Waals surface area contributed by atoms with E-state index in [0.29, 0.717) is 17.2 Å². The first-order valence-electron chi connectivity index (χ1n) is 5.26. The molecule has 0 aliphatic rings. The summed E-state index contributed by atoms with van der Waals surface area (Å²) in [6.45, 7) is 1.78. The van der Waals surface area contributed by atoms with Gasteiger partial charge in [-0.1, -0.05) is 0 Å². The second kappa shape index (κ2) is 5.75. The summed E-state index contributed by atoms with van der Waals surface area (Å²) in [4.78, 5) is 0. The Bertz CT molecular complexity index is 343. The van der Waals surface area contributed by atoms with Gasteiger partial charge in [0.1, 0.15) is 23.9 Å². The van der Waals surface area contributed by atoms with Gasteiger partial charge in [-0.05, 0) is 6.92 Å². The predicted octanol–water partition coefficient (Wildman–Crippen LogP) is 0.792. The number of aliphatic hydroxyl groups is 1. The molecular weight excluding hydrogens is 222 g/mol. The zero-order chi connectivity index (χ0) is 12.9. The van der Waals surface area contributed by atoms with Gasteiger partial charge in [-0.15, -0.1) is 0 Å². The molecule has 0 aliphatic carbocycles. The van der Waals surface area contributed by atoms with E-state index in [9.17, 15) is 0 Å². The minimum atomic E-state index is -0.768. The summed E-state index contributed by atoms with van der Waals surface area (Å²) in [6.07, 6.45) is 0. The Morgan fingerprint density at radius 2 is 1.59 bits per heavy atom. The third-order valence-corrected chi connectivity index (χ3v) is 2.25. The molecule has 0 aliphatic heterocycles. The van der Waals surface area contributed by atoms with Gasteiger partial charge in [-0.2, -0.15) is 0 Å². The summed E-state index contributed by atoms with van der Waals surface area (Å²) in [6, 6.07) is 5.21. The molecule has 1 rings (SSSR count). The van der Waals surface area contributed by atoms with Gasteiger partial charge >= 0.3 is 0 Å². The van der Waals surface area contributed by atoms with Gasteiger partial charge < -0.3 is 25.1 Å². The third kappa shape index (κ3) is 4.13. The van der Waals surface area contributed by atoms with Crippen LogP contribution in [-0.2, 0) is 0 Å². The van der Waals surface area contributed by atoms with E-state index in [1.807, 2.05) is 0 Å². The van der Waals surface area contributed by atoms with E-state index in [2.05, 4.69) is 0 Å². The molecule has 5 nitrogen and oxygen atoms in total. The van der Waals surface area contributed by atoms with Gasteiger partial charge in [-0.25, -0.2) is 0 Å². The molecule has 0 saturated carbocycles. The molecule has 3 N–H and O–H groups in total. The first-order chi connectivity index (χ1) is 8.00. The maximum absolute atomic E-state index is 9.02. The molecule has 0 heterocycles. The summed E-state index contributed by atoms with van der Waals surface area (Å²) in [5.41, 5.74) is 5.00. The Hall–Kier alpha value is -1.46. The smallest absolute Gasteiger partial charge is 0.126 e. The second-order valence-corrected chi connectivity index (χ2v) is 4.15. The molecule has 0 spiro atoms. The molecule has 17 heavy (non-hydrogen) atoms. The van der Waals surface area contributed by atoms with Crippen LogP contribution in [0.3, 0.4) is 0 Å². The van der Waals surface area contributed by atoms with Crippen molar-refractivity contribution in [3.8, 4) is 17.2 Å². The quantitative estimate of drug-likeness (QED) is 0.770. The Kier molecular flexibility index (Phi) is 4.60. The van der Waals surface area contributed by atoms with Crippen LogP contribution in [0.15, 0.2) is 18.2 Å². The minimum Gasteiger partial charge on any atom is -0.496 e. The molecule has 1 aromatic carbocycles. The topological polar surface area (TPSA) is 73.9 Å². The number of hydrogen-bond acceptors (Lipinski definition) is 5. The van der Waals surface area contributed by atoms with Gasteiger partial charge in [0.2, 0.25) is 0 Å². The van der Waals surface area contributed by atoms with Crippen LogP contribution in [0.1, 0.15) is 6.92 Å². The first-order valence-corrected chi connectivity index (χ1v) is 5.26. The van der Waals surface area contributed by atoms with Crippen LogP contribution in [-0.4, -0.2) is 38.1 Å². The highest BCUT2D eigenvalue weighted by Gasteiger charge is 2.18. The third-order valence-electron chi connectivity index (χ3n) is 2.25. The van der Waals surface area contributed by atoms with Crippen molar-refractivity contribution >= 4 is 0 Å². The van der Waals surface area contributed by atoms with Crippen molar-refractivity contribution in [1.29, 1.82) is 0 Å². The lowest BCUT2D eigenvalue weighted by molar-refractivity contribution is 0.146. The van der Waals surface area contributed by atoms with Crippen LogP contribution in [0.2, 0.25) is 0 Å². The molecule has 1 atom stereocenters. The van der Waals surface area contributed by atoms with E-state index in [0.717, 1.165) is 0 Å². The molecule has 96 valence electrons. The zero-order valence-corrected chi connectivity index (χ0v) is 10.4. The van der Waals surface area contributed by atoms with Crippen LogP contribution in [0.4, 0.5) is 0 Å². The van der Waals surface area contributed by atoms with Gasteiger partial charge in [0.15, 0.2) is 0 Å². The fourth-order valence-corrected chi connectivity index (χ4v) is 1.16. The monoisotopic (exact) mass is 241 g/mol. The number of aliphatic hydroxyl groups excluding tert-OH is 1. The molecule has 0 aromatic heterocycles. The van der Waals surface area contributed by atoms with Gasteiger partial charge in [0.25, 0.3) is 0 Å². The van der Waals surface area contributed by atoms with E-state index in [4.69, 9.17) is 25.1 Å². The predicted molar refractivity (Wildman–Crippen MR) is 64.7 cm³/mol. The fraction of sp³-hybridized carbons (Fsp3) is 0.500. The first kappa shape index (κ1) is 13.6. The summed E-state index contributed by atoms with van der Waals surface area (Å²) < 4.78 is 15.7. The highest BCUT2D eigenvalue weighted by Crippen LogP contribution is 2.27. The van der Waals surface area contributed by atoms with Crippen molar-refractivity contribution in [3.05, 3.63) is 18.2 Å². The molecule has 1 aromatic rings. The Labute approximate surface area is 101 Å². The molecule has 0 bridgehead atoms. The normalized spacial score (nSPS) is 13.9. The van der Waals surface area contributed by atoms with E-state index in [-0.39, 0.29) is 13.2 Å². The SMILES string of the molecule is COc1cc(OC)cc(OCC(C)(N)CO)c1. The highest BCUT2D eigenvalue weighted by molar-refractivity contribution is 5.42. The van der Waals surface area contributed by atoms with Gasteiger partial charge in [0.05, 0.1) is 26.4 Å². The summed E-state index contributed by atoms with van der Waals surface area (Å²) in [5.74, 6) is 1.87. The number of nitrogens with two attached hydrogens (primary N) is 1. The number of benzene rings is 1. The number of ether oxygens (including phenoxy) is 3. The lowest BCUT2D eigenvalue weighted by Gasteiger charge is -2.22. The lowest BCUT2D eigenvalue weighted by atomic mass is 10.1. The lowest BCUT2D eigenvalue weighted by Crippen LogP contribution is -2.45. The van der Waals surface area contributed by atoms with Crippen molar-refractivity contribution in [2.45, 2.75) is 12.5 Å². The van der Waals surface area contributed by atoms with Crippen LogP contribution >= 0.6 is 0 Å². The largest absolute Gasteiger partial charge is 0.496 e. The summed E-state index contributed by atoms with van der Waals surface area (Å²) in [5, 5.41) is 9.02. The van der Waals surface area contributed by atoms with Crippen LogP contribution in [0.5, 0.6) is 17.2 Å². The highest BCUT2D eigenvalue weighted by atomic mass is 16.5. The Morgan fingerprint density at radius 3 is 2.00 bits per heavy atom. The number of methoxy groups -OCH3 is 2. The maximum atomic E-state index is 9.02. The van der Waals surface area contributed by atoms with Crippen LogP contribution in [0.25, 0.3) is 0 Å².